The summed E-state index contributed by atoms with van der Waals surface area (Å²) in [6.45, 7) is 0.380. The highest BCUT2D eigenvalue weighted by Gasteiger charge is 2.39. The Morgan fingerprint density at radius 3 is 2.48 bits per heavy atom. The zero-order valence-electron chi connectivity index (χ0n) is 12.6. The number of para-hydroxylation sites is 1. The Balaban J connectivity index is 2.30. The maximum atomic E-state index is 13.0. The van der Waals surface area contributed by atoms with Crippen LogP contribution >= 0.6 is 0 Å². The van der Waals surface area contributed by atoms with Gasteiger partial charge in [0.2, 0.25) is 5.91 Å². The van der Waals surface area contributed by atoms with Crippen molar-refractivity contribution >= 4 is 11.6 Å². The van der Waals surface area contributed by atoms with Gasteiger partial charge in [0.25, 0.3) is 0 Å². The molecule has 1 aliphatic carbocycles. The van der Waals surface area contributed by atoms with Crippen molar-refractivity contribution in [3.8, 4) is 6.07 Å². The van der Waals surface area contributed by atoms with E-state index < -0.39 is 5.41 Å². The molecule has 2 rings (SSSR count). The van der Waals surface area contributed by atoms with E-state index in [1.807, 2.05) is 18.2 Å². The van der Waals surface area contributed by atoms with Gasteiger partial charge in [0.15, 0.2) is 0 Å². The Kier molecular flexibility index (Phi) is 4.98. The van der Waals surface area contributed by atoms with Crippen LogP contribution in [0.25, 0.3) is 0 Å². The summed E-state index contributed by atoms with van der Waals surface area (Å²) >= 11 is 0. The minimum atomic E-state index is -0.464. The van der Waals surface area contributed by atoms with E-state index in [0.29, 0.717) is 17.8 Å². The first-order chi connectivity index (χ1) is 10.1. The Morgan fingerprint density at radius 2 is 1.90 bits per heavy atom. The summed E-state index contributed by atoms with van der Waals surface area (Å²) in [5.74, 6) is 0.0506. The maximum Gasteiger partial charge on any atom is 0.234 e. The highest BCUT2D eigenvalue weighted by atomic mass is 16.2. The summed E-state index contributed by atoms with van der Waals surface area (Å²) in [5.41, 5.74) is 6.71. The summed E-state index contributed by atoms with van der Waals surface area (Å²) in [5, 5.41) is 9.21. The fourth-order valence-corrected chi connectivity index (χ4v) is 3.24. The van der Waals surface area contributed by atoms with Gasteiger partial charge in [0.05, 0.1) is 16.7 Å². The number of carbonyl (C=O) groups is 1. The first kappa shape index (κ1) is 15.5. The van der Waals surface area contributed by atoms with E-state index in [4.69, 9.17) is 5.73 Å². The predicted molar refractivity (Wildman–Crippen MR) is 83.8 cm³/mol. The SMILES string of the molecule is CN(C(=O)C1(CN)CCCCCC1)c1ccccc1C#N. The van der Waals surface area contributed by atoms with Crippen LogP contribution in [0.2, 0.25) is 0 Å². The Morgan fingerprint density at radius 1 is 1.29 bits per heavy atom. The highest BCUT2D eigenvalue weighted by Crippen LogP contribution is 2.37. The van der Waals surface area contributed by atoms with Crippen molar-refractivity contribution in [2.75, 3.05) is 18.5 Å². The predicted octanol–water partition coefficient (Wildman–Crippen LogP) is 2.82. The van der Waals surface area contributed by atoms with Crippen molar-refractivity contribution in [2.24, 2.45) is 11.1 Å². The molecular weight excluding hydrogens is 262 g/mol. The number of nitrogens with zero attached hydrogens (tertiary/aromatic N) is 2. The molecule has 1 fully saturated rings. The van der Waals surface area contributed by atoms with Crippen LogP contribution in [0.4, 0.5) is 5.69 Å². The number of benzene rings is 1. The number of hydrogen-bond donors (Lipinski definition) is 1. The van der Waals surface area contributed by atoms with Crippen LogP contribution in [0.3, 0.4) is 0 Å². The first-order valence-corrected chi connectivity index (χ1v) is 7.62. The van der Waals surface area contributed by atoms with Crippen molar-refractivity contribution in [2.45, 2.75) is 38.5 Å². The lowest BCUT2D eigenvalue weighted by Crippen LogP contribution is -2.46. The minimum Gasteiger partial charge on any atom is -0.329 e. The van der Waals surface area contributed by atoms with E-state index >= 15 is 0 Å². The van der Waals surface area contributed by atoms with E-state index in [2.05, 4.69) is 6.07 Å². The van der Waals surface area contributed by atoms with Crippen LogP contribution in [0, 0.1) is 16.7 Å². The summed E-state index contributed by atoms with van der Waals surface area (Å²) in [6.07, 6.45) is 6.15. The van der Waals surface area contributed by atoms with Gasteiger partial charge < -0.3 is 10.6 Å². The van der Waals surface area contributed by atoms with Crippen molar-refractivity contribution in [3.05, 3.63) is 29.8 Å². The van der Waals surface area contributed by atoms with Crippen molar-refractivity contribution in [3.63, 3.8) is 0 Å². The molecule has 1 saturated carbocycles. The van der Waals surface area contributed by atoms with E-state index in [9.17, 15) is 10.1 Å². The Labute approximate surface area is 126 Å². The lowest BCUT2D eigenvalue weighted by Gasteiger charge is -2.34. The summed E-state index contributed by atoms with van der Waals surface area (Å²) in [6, 6.07) is 9.37. The number of anilines is 1. The highest BCUT2D eigenvalue weighted by molar-refractivity contribution is 5.98. The normalized spacial score (nSPS) is 17.6. The molecule has 0 aromatic heterocycles. The molecule has 112 valence electrons. The molecule has 0 heterocycles. The number of amides is 1. The van der Waals surface area contributed by atoms with Gasteiger partial charge in [-0.25, -0.2) is 0 Å². The third-order valence-electron chi connectivity index (χ3n) is 4.60. The van der Waals surface area contributed by atoms with Gasteiger partial charge in [-0.1, -0.05) is 37.8 Å². The molecule has 1 aromatic carbocycles. The van der Waals surface area contributed by atoms with Crippen LogP contribution in [-0.2, 0) is 4.79 Å². The summed E-state index contributed by atoms with van der Waals surface area (Å²) in [4.78, 5) is 14.6. The van der Waals surface area contributed by atoms with Gasteiger partial charge in [-0.15, -0.1) is 0 Å². The molecule has 0 saturated heterocycles. The average molecular weight is 285 g/mol. The van der Waals surface area contributed by atoms with Gasteiger partial charge in [0, 0.05) is 13.6 Å². The van der Waals surface area contributed by atoms with Crippen LogP contribution in [0.1, 0.15) is 44.1 Å². The Hall–Kier alpha value is -1.86. The Bertz CT molecular complexity index is 539. The molecule has 2 N–H and O–H groups in total. The zero-order valence-corrected chi connectivity index (χ0v) is 12.6. The molecule has 4 heteroatoms. The smallest absolute Gasteiger partial charge is 0.234 e. The number of hydrogen-bond acceptors (Lipinski definition) is 3. The summed E-state index contributed by atoms with van der Waals surface area (Å²) in [7, 11) is 1.75. The lowest BCUT2D eigenvalue weighted by molar-refractivity contribution is -0.128. The van der Waals surface area contributed by atoms with E-state index in [1.165, 1.54) is 12.8 Å². The van der Waals surface area contributed by atoms with Gasteiger partial charge in [-0.3, -0.25) is 4.79 Å². The number of carbonyl (C=O) groups excluding carboxylic acids is 1. The van der Waals surface area contributed by atoms with E-state index in [1.54, 1.807) is 18.0 Å². The molecule has 0 unspecified atom stereocenters. The third-order valence-corrected chi connectivity index (χ3v) is 4.60. The molecule has 0 spiro atoms. The fraction of sp³-hybridized carbons (Fsp3) is 0.529. The second-order valence-corrected chi connectivity index (χ2v) is 5.89. The quantitative estimate of drug-likeness (QED) is 0.868. The molecule has 21 heavy (non-hydrogen) atoms. The monoisotopic (exact) mass is 285 g/mol. The molecule has 1 aliphatic rings. The number of nitrogens with two attached hydrogens (primary N) is 1. The van der Waals surface area contributed by atoms with Crippen molar-refractivity contribution < 1.29 is 4.79 Å². The van der Waals surface area contributed by atoms with Crippen LogP contribution in [-0.4, -0.2) is 19.5 Å². The van der Waals surface area contributed by atoms with Crippen LogP contribution < -0.4 is 10.6 Å². The first-order valence-electron chi connectivity index (χ1n) is 7.62. The van der Waals surface area contributed by atoms with Crippen LogP contribution in [0.15, 0.2) is 24.3 Å². The average Bonchev–Trinajstić information content (AvgIpc) is 2.79. The maximum absolute atomic E-state index is 13.0. The van der Waals surface area contributed by atoms with Gasteiger partial charge in [0.1, 0.15) is 6.07 Å². The number of rotatable bonds is 3. The second-order valence-electron chi connectivity index (χ2n) is 5.89. The van der Waals surface area contributed by atoms with Gasteiger partial charge in [-0.2, -0.15) is 5.26 Å². The van der Waals surface area contributed by atoms with Gasteiger partial charge in [-0.05, 0) is 25.0 Å². The standard InChI is InChI=1S/C17H23N3O/c1-20(15-9-5-4-8-14(15)12-18)16(21)17(13-19)10-6-2-3-7-11-17/h4-5,8-9H,2-3,6-7,10-11,13,19H2,1H3. The molecule has 0 radical (unpaired) electrons. The molecule has 4 nitrogen and oxygen atoms in total. The topological polar surface area (TPSA) is 70.1 Å². The van der Waals surface area contributed by atoms with Crippen LogP contribution in [0.5, 0.6) is 0 Å². The van der Waals surface area contributed by atoms with Gasteiger partial charge >= 0.3 is 0 Å². The third kappa shape index (κ3) is 3.08. The number of nitriles is 1. The zero-order chi connectivity index (χ0) is 15.3. The van der Waals surface area contributed by atoms with E-state index in [-0.39, 0.29) is 5.91 Å². The lowest BCUT2D eigenvalue weighted by atomic mass is 9.79. The summed E-state index contributed by atoms with van der Waals surface area (Å²) < 4.78 is 0. The molecule has 0 bridgehead atoms. The largest absolute Gasteiger partial charge is 0.329 e. The van der Waals surface area contributed by atoms with Crippen molar-refractivity contribution in [1.82, 2.24) is 0 Å². The molecule has 0 aliphatic heterocycles. The fourth-order valence-electron chi connectivity index (χ4n) is 3.24. The van der Waals surface area contributed by atoms with Crippen molar-refractivity contribution in [1.29, 1.82) is 5.26 Å². The molecule has 1 aromatic rings. The molecule has 0 atom stereocenters. The molecule has 1 amide bonds. The van der Waals surface area contributed by atoms with E-state index in [0.717, 1.165) is 25.7 Å². The molecular formula is C17H23N3O. The minimum absolute atomic E-state index is 0.0506. The second kappa shape index (κ2) is 6.73.